The molecule has 4 nitrogen and oxygen atoms in total. The molecule has 1 aliphatic rings. The molecule has 4 heteroatoms. The molecule has 0 bridgehead atoms. The summed E-state index contributed by atoms with van der Waals surface area (Å²) < 4.78 is 10.8. The van der Waals surface area contributed by atoms with Crippen molar-refractivity contribution in [2.75, 3.05) is 19.0 Å². The topological polar surface area (TPSA) is 43.4 Å². The minimum Gasteiger partial charge on any atom is -0.497 e. The van der Waals surface area contributed by atoms with E-state index in [1.165, 1.54) is 0 Å². The van der Waals surface area contributed by atoms with E-state index in [9.17, 15) is 0 Å². The van der Waals surface area contributed by atoms with E-state index in [1.54, 1.807) is 7.11 Å². The lowest BCUT2D eigenvalue weighted by Crippen LogP contribution is -2.41. The number of rotatable bonds is 5. The molecule has 1 fully saturated rings. The first kappa shape index (κ1) is 13.2. The van der Waals surface area contributed by atoms with Gasteiger partial charge in [0.25, 0.3) is 0 Å². The van der Waals surface area contributed by atoms with E-state index in [-0.39, 0.29) is 0 Å². The van der Waals surface area contributed by atoms with Crippen LogP contribution >= 0.6 is 0 Å². The quantitative estimate of drug-likeness (QED) is 0.907. The molecular weight excluding hydrogens is 252 g/mol. The lowest BCUT2D eigenvalue weighted by Gasteiger charge is -2.35. The van der Waals surface area contributed by atoms with Gasteiger partial charge in [-0.15, -0.1) is 0 Å². The SMILES string of the molecule is CCOC1CC(Nc2nccc3cc(OC)ccc23)C1. The molecule has 1 aliphatic carbocycles. The van der Waals surface area contributed by atoms with Crippen LogP contribution in [0, 0.1) is 0 Å². The summed E-state index contributed by atoms with van der Waals surface area (Å²) in [6.45, 7) is 2.84. The molecule has 20 heavy (non-hydrogen) atoms. The molecule has 2 aromatic rings. The van der Waals surface area contributed by atoms with Gasteiger partial charge in [-0.05, 0) is 49.4 Å². The van der Waals surface area contributed by atoms with Gasteiger partial charge in [0.2, 0.25) is 0 Å². The smallest absolute Gasteiger partial charge is 0.134 e. The number of anilines is 1. The van der Waals surface area contributed by atoms with Crippen molar-refractivity contribution in [3.8, 4) is 5.75 Å². The van der Waals surface area contributed by atoms with Crippen molar-refractivity contribution in [2.24, 2.45) is 0 Å². The Kier molecular flexibility index (Phi) is 3.74. The van der Waals surface area contributed by atoms with E-state index >= 15 is 0 Å². The van der Waals surface area contributed by atoms with Crippen molar-refractivity contribution < 1.29 is 9.47 Å². The molecule has 1 aromatic heterocycles. The van der Waals surface area contributed by atoms with Gasteiger partial charge in [0.1, 0.15) is 11.6 Å². The highest BCUT2D eigenvalue weighted by molar-refractivity contribution is 5.92. The Labute approximate surface area is 119 Å². The van der Waals surface area contributed by atoms with Gasteiger partial charge in [-0.2, -0.15) is 0 Å². The normalized spacial score (nSPS) is 21.5. The largest absolute Gasteiger partial charge is 0.497 e. The Morgan fingerprint density at radius 2 is 2.15 bits per heavy atom. The monoisotopic (exact) mass is 272 g/mol. The van der Waals surface area contributed by atoms with Crippen molar-refractivity contribution in [1.82, 2.24) is 4.98 Å². The number of pyridine rings is 1. The van der Waals surface area contributed by atoms with Gasteiger partial charge < -0.3 is 14.8 Å². The second-order valence-electron chi connectivity index (χ2n) is 5.14. The van der Waals surface area contributed by atoms with E-state index in [0.29, 0.717) is 12.1 Å². The maximum absolute atomic E-state index is 5.59. The first-order valence-corrected chi connectivity index (χ1v) is 7.11. The van der Waals surface area contributed by atoms with Crippen LogP contribution in [0.4, 0.5) is 5.82 Å². The van der Waals surface area contributed by atoms with Crippen LogP contribution in [0.1, 0.15) is 19.8 Å². The summed E-state index contributed by atoms with van der Waals surface area (Å²) >= 11 is 0. The minimum atomic E-state index is 0.410. The molecule has 3 rings (SSSR count). The van der Waals surface area contributed by atoms with Gasteiger partial charge in [0, 0.05) is 24.2 Å². The predicted molar refractivity (Wildman–Crippen MR) is 80.4 cm³/mol. The highest BCUT2D eigenvalue weighted by Gasteiger charge is 2.29. The number of nitrogens with one attached hydrogen (secondary N) is 1. The van der Waals surface area contributed by atoms with Crippen molar-refractivity contribution in [1.29, 1.82) is 0 Å². The molecule has 0 radical (unpaired) electrons. The molecule has 1 saturated carbocycles. The molecule has 1 heterocycles. The highest BCUT2D eigenvalue weighted by atomic mass is 16.5. The Balaban J connectivity index is 1.75. The molecule has 0 spiro atoms. The van der Waals surface area contributed by atoms with Gasteiger partial charge in [0.05, 0.1) is 13.2 Å². The zero-order valence-electron chi connectivity index (χ0n) is 11.9. The second kappa shape index (κ2) is 5.67. The zero-order chi connectivity index (χ0) is 13.9. The van der Waals surface area contributed by atoms with Gasteiger partial charge in [0.15, 0.2) is 0 Å². The number of aromatic nitrogens is 1. The third kappa shape index (κ3) is 2.56. The van der Waals surface area contributed by atoms with Crippen LogP contribution in [-0.4, -0.2) is 30.8 Å². The molecule has 0 unspecified atom stereocenters. The third-order valence-corrected chi connectivity index (χ3v) is 3.81. The van der Waals surface area contributed by atoms with Gasteiger partial charge in [-0.25, -0.2) is 4.98 Å². The Bertz CT molecular complexity index is 594. The standard InChI is InChI=1S/C16H20N2O2/c1-3-20-14-9-12(10-14)18-16-15-5-4-13(19-2)8-11(15)6-7-17-16/h4-8,12,14H,3,9-10H2,1-2H3,(H,17,18). The van der Waals surface area contributed by atoms with Crippen LogP contribution in [-0.2, 0) is 4.74 Å². The maximum atomic E-state index is 5.59. The molecular formula is C16H20N2O2. The van der Waals surface area contributed by atoms with E-state index < -0.39 is 0 Å². The maximum Gasteiger partial charge on any atom is 0.134 e. The van der Waals surface area contributed by atoms with Gasteiger partial charge in [-0.1, -0.05) is 0 Å². The molecule has 0 aliphatic heterocycles. The summed E-state index contributed by atoms with van der Waals surface area (Å²) in [5, 5.41) is 5.79. The molecule has 106 valence electrons. The van der Waals surface area contributed by atoms with E-state index in [4.69, 9.17) is 9.47 Å². The number of hydrogen-bond donors (Lipinski definition) is 1. The van der Waals surface area contributed by atoms with Crippen LogP contribution in [0.5, 0.6) is 5.75 Å². The number of methoxy groups -OCH3 is 1. The summed E-state index contributed by atoms with van der Waals surface area (Å²) in [4.78, 5) is 4.46. The number of nitrogens with zero attached hydrogens (tertiary/aromatic N) is 1. The fraction of sp³-hybridized carbons (Fsp3) is 0.438. The van der Waals surface area contributed by atoms with E-state index in [2.05, 4.69) is 16.4 Å². The molecule has 1 aromatic carbocycles. The summed E-state index contributed by atoms with van der Waals surface area (Å²) in [5.74, 6) is 1.82. The second-order valence-corrected chi connectivity index (χ2v) is 5.14. The lowest BCUT2D eigenvalue weighted by molar-refractivity contribution is 0.00295. The fourth-order valence-corrected chi connectivity index (χ4v) is 2.65. The van der Waals surface area contributed by atoms with Crippen LogP contribution in [0.2, 0.25) is 0 Å². The zero-order valence-corrected chi connectivity index (χ0v) is 11.9. The average molecular weight is 272 g/mol. The predicted octanol–water partition coefficient (Wildman–Crippen LogP) is 3.22. The average Bonchev–Trinajstić information content (AvgIpc) is 2.44. The Morgan fingerprint density at radius 3 is 2.90 bits per heavy atom. The molecule has 0 saturated heterocycles. The molecule has 0 amide bonds. The summed E-state index contributed by atoms with van der Waals surface area (Å²) in [6, 6.07) is 8.53. The lowest BCUT2D eigenvalue weighted by atomic mass is 9.89. The molecule has 0 atom stereocenters. The highest BCUT2D eigenvalue weighted by Crippen LogP contribution is 2.30. The minimum absolute atomic E-state index is 0.410. The third-order valence-electron chi connectivity index (χ3n) is 3.81. The molecule has 1 N–H and O–H groups in total. The van der Waals surface area contributed by atoms with Crippen LogP contribution in [0.15, 0.2) is 30.5 Å². The van der Waals surface area contributed by atoms with Crippen LogP contribution < -0.4 is 10.1 Å². The Hall–Kier alpha value is -1.81. The van der Waals surface area contributed by atoms with Crippen molar-refractivity contribution in [3.05, 3.63) is 30.5 Å². The van der Waals surface area contributed by atoms with Crippen molar-refractivity contribution >= 4 is 16.6 Å². The Morgan fingerprint density at radius 1 is 1.30 bits per heavy atom. The van der Waals surface area contributed by atoms with E-state index in [0.717, 1.165) is 41.8 Å². The van der Waals surface area contributed by atoms with Crippen molar-refractivity contribution in [3.63, 3.8) is 0 Å². The van der Waals surface area contributed by atoms with E-state index in [1.807, 2.05) is 31.3 Å². The van der Waals surface area contributed by atoms with Crippen molar-refractivity contribution in [2.45, 2.75) is 31.9 Å². The fourth-order valence-electron chi connectivity index (χ4n) is 2.65. The number of ether oxygens (including phenoxy) is 2. The van der Waals surface area contributed by atoms with Crippen LogP contribution in [0.25, 0.3) is 10.8 Å². The summed E-state index contributed by atoms with van der Waals surface area (Å²) in [6.07, 6.45) is 4.36. The summed E-state index contributed by atoms with van der Waals surface area (Å²) in [5.41, 5.74) is 0. The number of fused-ring (bicyclic) bond motifs is 1. The summed E-state index contributed by atoms with van der Waals surface area (Å²) in [7, 11) is 1.68. The van der Waals surface area contributed by atoms with Crippen LogP contribution in [0.3, 0.4) is 0 Å². The van der Waals surface area contributed by atoms with Gasteiger partial charge in [-0.3, -0.25) is 0 Å². The number of hydrogen-bond acceptors (Lipinski definition) is 4. The van der Waals surface area contributed by atoms with Gasteiger partial charge >= 0.3 is 0 Å². The number of benzene rings is 1. The first-order valence-electron chi connectivity index (χ1n) is 7.11. The first-order chi connectivity index (χ1) is 9.80.